The molecule has 1 atom stereocenters. The smallest absolute Gasteiger partial charge is 0.264 e. The first kappa shape index (κ1) is 36.6. The molecule has 0 aromatic rings. The van der Waals surface area contributed by atoms with Gasteiger partial charge in [0.1, 0.15) is 0 Å². The summed E-state index contributed by atoms with van der Waals surface area (Å²) in [5.41, 5.74) is 0. The lowest BCUT2D eigenvalue weighted by molar-refractivity contribution is 0.234. The van der Waals surface area contributed by atoms with Crippen LogP contribution in [-0.2, 0) is 14.6 Å². The van der Waals surface area contributed by atoms with Crippen molar-refractivity contribution in [1.29, 1.82) is 0 Å². The zero-order valence-corrected chi connectivity index (χ0v) is 25.7. The highest BCUT2D eigenvalue weighted by Gasteiger charge is 2.11. The van der Waals surface area contributed by atoms with Gasteiger partial charge < -0.3 is 0 Å². The van der Waals surface area contributed by atoms with Crippen LogP contribution in [0.25, 0.3) is 0 Å². The molecule has 0 saturated heterocycles. The van der Waals surface area contributed by atoms with Crippen molar-refractivity contribution >= 4 is 10.4 Å². The maximum atomic E-state index is 11.0. The molecule has 0 rings (SSSR count). The van der Waals surface area contributed by atoms with Gasteiger partial charge in [0.2, 0.25) is 0 Å². The summed E-state index contributed by atoms with van der Waals surface area (Å²) in [7, 11) is -4.37. The minimum Gasteiger partial charge on any atom is -0.264 e. The van der Waals surface area contributed by atoms with Gasteiger partial charge in [0.05, 0.1) is 6.61 Å². The van der Waals surface area contributed by atoms with E-state index in [1.54, 1.807) is 0 Å². The van der Waals surface area contributed by atoms with Gasteiger partial charge in [-0.05, 0) is 19.3 Å². The van der Waals surface area contributed by atoms with Crippen LogP contribution in [0.1, 0.15) is 181 Å². The first-order valence-electron chi connectivity index (χ1n) is 16.3. The predicted octanol–water partition coefficient (Wildman–Crippen LogP) is 11.2. The molecule has 0 heterocycles. The highest BCUT2D eigenvalue weighted by Crippen LogP contribution is 2.17. The molecule has 0 aliphatic carbocycles. The van der Waals surface area contributed by atoms with Crippen LogP contribution in [0, 0.1) is 5.92 Å². The van der Waals surface area contributed by atoms with E-state index in [0.717, 1.165) is 19.3 Å². The molecule has 5 heteroatoms. The third-order valence-corrected chi connectivity index (χ3v) is 7.93. The molecule has 0 spiro atoms. The molecule has 4 nitrogen and oxygen atoms in total. The van der Waals surface area contributed by atoms with Crippen molar-refractivity contribution in [2.75, 3.05) is 6.61 Å². The second-order valence-corrected chi connectivity index (χ2v) is 12.3. The van der Waals surface area contributed by atoms with Crippen molar-refractivity contribution in [3.8, 4) is 0 Å². The maximum Gasteiger partial charge on any atom is 0.397 e. The number of unbranched alkanes of at least 4 members (excludes halogenated alkanes) is 23. The molecule has 0 bridgehead atoms. The Morgan fingerprint density at radius 3 is 1.30 bits per heavy atom. The Morgan fingerprint density at radius 2 is 0.919 bits per heavy atom. The van der Waals surface area contributed by atoms with Gasteiger partial charge in [0.25, 0.3) is 0 Å². The van der Waals surface area contributed by atoms with Crippen LogP contribution in [0.5, 0.6) is 0 Å². The Hall–Kier alpha value is -0.390. The quantitative estimate of drug-likeness (QED) is 0.0555. The molecule has 1 N–H and O–H groups in total. The van der Waals surface area contributed by atoms with E-state index in [-0.39, 0.29) is 12.5 Å². The topological polar surface area (TPSA) is 63.6 Å². The van der Waals surface area contributed by atoms with Crippen molar-refractivity contribution in [3.05, 3.63) is 12.2 Å². The fourth-order valence-corrected chi connectivity index (χ4v) is 5.39. The Morgan fingerprint density at radius 1 is 0.568 bits per heavy atom. The van der Waals surface area contributed by atoms with Crippen molar-refractivity contribution < 1.29 is 17.2 Å². The van der Waals surface area contributed by atoms with Crippen molar-refractivity contribution in [2.24, 2.45) is 5.92 Å². The standard InChI is InChI=1S/C32H64O4S/c1-3-5-7-9-11-13-15-16-17-18-19-20-22-24-26-28-30-32(31-36-37(33,34)35)29-27-25-23-21-14-12-10-8-6-4-2/h27,29,32H,3-26,28,30-31H2,1-2H3,(H,33,34,35)/b29-27+. The van der Waals surface area contributed by atoms with E-state index >= 15 is 0 Å². The number of rotatable bonds is 30. The summed E-state index contributed by atoms with van der Waals surface area (Å²) >= 11 is 0. The first-order chi connectivity index (χ1) is 18.0. The van der Waals surface area contributed by atoms with Gasteiger partial charge in [-0.15, -0.1) is 0 Å². The molecule has 0 saturated carbocycles. The molecule has 37 heavy (non-hydrogen) atoms. The average molecular weight is 545 g/mol. The molecule has 0 aliphatic rings. The third kappa shape index (κ3) is 31.7. The predicted molar refractivity (Wildman–Crippen MR) is 162 cm³/mol. The van der Waals surface area contributed by atoms with Gasteiger partial charge in [-0.1, -0.05) is 174 Å². The van der Waals surface area contributed by atoms with Gasteiger partial charge in [0.15, 0.2) is 0 Å². The van der Waals surface area contributed by atoms with E-state index in [4.69, 9.17) is 4.55 Å². The summed E-state index contributed by atoms with van der Waals surface area (Å²) in [6, 6.07) is 0. The van der Waals surface area contributed by atoms with Crippen LogP contribution < -0.4 is 0 Å². The fraction of sp³-hybridized carbons (Fsp3) is 0.938. The van der Waals surface area contributed by atoms with Gasteiger partial charge in [0, 0.05) is 5.92 Å². The van der Waals surface area contributed by atoms with Crippen molar-refractivity contribution in [1.82, 2.24) is 0 Å². The SMILES string of the molecule is CCCCCCCCCC/C=C/C(CCCCCCCCCCCCCCCCCC)COS(=O)(=O)O. The lowest BCUT2D eigenvalue weighted by Crippen LogP contribution is -2.12. The summed E-state index contributed by atoms with van der Waals surface area (Å²) in [4.78, 5) is 0. The molecule has 0 aromatic heterocycles. The zero-order valence-electron chi connectivity index (χ0n) is 24.9. The Labute approximate surface area is 232 Å². The number of hydrogen-bond acceptors (Lipinski definition) is 3. The van der Waals surface area contributed by atoms with Gasteiger partial charge in [-0.3, -0.25) is 4.55 Å². The van der Waals surface area contributed by atoms with Crippen LogP contribution in [0.3, 0.4) is 0 Å². The Balaban J connectivity index is 3.75. The molecule has 0 amide bonds. The molecule has 222 valence electrons. The minimum absolute atomic E-state index is 0.0471. The van der Waals surface area contributed by atoms with E-state index in [0.29, 0.717) is 0 Å². The summed E-state index contributed by atoms with van der Waals surface area (Å²) < 4.78 is 35.7. The van der Waals surface area contributed by atoms with Crippen molar-refractivity contribution in [2.45, 2.75) is 181 Å². The van der Waals surface area contributed by atoms with Gasteiger partial charge in [-0.25, -0.2) is 4.18 Å². The Bertz CT molecular complexity index is 573. The summed E-state index contributed by atoms with van der Waals surface area (Å²) in [6.45, 7) is 4.58. The molecule has 0 fully saturated rings. The molecular formula is C32H64O4S. The van der Waals surface area contributed by atoms with Crippen LogP contribution in [0.4, 0.5) is 0 Å². The van der Waals surface area contributed by atoms with E-state index in [9.17, 15) is 8.42 Å². The van der Waals surface area contributed by atoms with E-state index in [1.807, 2.05) is 0 Å². The molecule has 0 aromatic carbocycles. The van der Waals surface area contributed by atoms with E-state index in [1.165, 1.54) is 148 Å². The lowest BCUT2D eigenvalue weighted by atomic mass is 9.99. The summed E-state index contributed by atoms with van der Waals surface area (Å²) in [5, 5.41) is 0. The molecule has 0 aliphatic heterocycles. The average Bonchev–Trinajstić information content (AvgIpc) is 2.87. The second-order valence-electron chi connectivity index (χ2n) is 11.3. The monoisotopic (exact) mass is 544 g/mol. The molecular weight excluding hydrogens is 480 g/mol. The second kappa shape index (κ2) is 28.6. The first-order valence-corrected chi connectivity index (χ1v) is 17.6. The van der Waals surface area contributed by atoms with Crippen LogP contribution in [-0.4, -0.2) is 19.6 Å². The zero-order chi connectivity index (χ0) is 27.3. The lowest BCUT2D eigenvalue weighted by Gasteiger charge is -2.12. The normalized spacial score (nSPS) is 13.1. The third-order valence-electron chi connectivity index (χ3n) is 7.49. The van der Waals surface area contributed by atoms with Gasteiger partial charge in [-0.2, -0.15) is 8.42 Å². The molecule has 1 unspecified atom stereocenters. The summed E-state index contributed by atoms with van der Waals surface area (Å²) in [5.74, 6) is 0.0580. The fourth-order valence-electron chi connectivity index (χ4n) is 5.05. The van der Waals surface area contributed by atoms with E-state index in [2.05, 4.69) is 30.2 Å². The highest BCUT2D eigenvalue weighted by molar-refractivity contribution is 7.80. The maximum absolute atomic E-state index is 11.0. The van der Waals surface area contributed by atoms with Crippen LogP contribution in [0.15, 0.2) is 12.2 Å². The largest absolute Gasteiger partial charge is 0.397 e. The van der Waals surface area contributed by atoms with Gasteiger partial charge >= 0.3 is 10.4 Å². The van der Waals surface area contributed by atoms with Crippen LogP contribution >= 0.6 is 0 Å². The Kier molecular flexibility index (Phi) is 28.3. The summed E-state index contributed by atoms with van der Waals surface area (Å²) in [6.07, 6.45) is 38.3. The highest BCUT2D eigenvalue weighted by atomic mass is 32.3. The molecule has 0 radical (unpaired) electrons. The van der Waals surface area contributed by atoms with Crippen LogP contribution in [0.2, 0.25) is 0 Å². The number of allylic oxidation sites excluding steroid dienone is 1. The minimum atomic E-state index is -4.37. The van der Waals surface area contributed by atoms with E-state index < -0.39 is 10.4 Å². The number of hydrogen-bond donors (Lipinski definition) is 1. The van der Waals surface area contributed by atoms with Crippen molar-refractivity contribution in [3.63, 3.8) is 0 Å².